The maximum Gasteiger partial charge on any atom is 0.573 e. The second-order valence-electron chi connectivity index (χ2n) is 9.07. The lowest BCUT2D eigenvalue weighted by Gasteiger charge is -2.37. The minimum Gasteiger partial charge on any atom is -0.403 e. The van der Waals surface area contributed by atoms with Gasteiger partial charge in [-0.15, -0.1) is 13.2 Å². The zero-order chi connectivity index (χ0) is 22.3. The van der Waals surface area contributed by atoms with Gasteiger partial charge in [-0.25, -0.2) is 4.39 Å². The van der Waals surface area contributed by atoms with E-state index in [1.54, 1.807) is 6.08 Å². The highest BCUT2D eigenvalue weighted by atomic mass is 19.4. The first kappa shape index (κ1) is 23.7. The molecule has 5 heteroatoms. The van der Waals surface area contributed by atoms with Crippen molar-refractivity contribution in [3.8, 4) is 17.6 Å². The van der Waals surface area contributed by atoms with Crippen molar-refractivity contribution in [3.63, 3.8) is 0 Å². The van der Waals surface area contributed by atoms with Crippen molar-refractivity contribution in [2.45, 2.75) is 77.5 Å². The molecule has 2 fully saturated rings. The summed E-state index contributed by atoms with van der Waals surface area (Å²) >= 11 is 0. The van der Waals surface area contributed by atoms with Gasteiger partial charge in [0.2, 0.25) is 0 Å². The molecule has 1 nitrogen and oxygen atoms in total. The van der Waals surface area contributed by atoms with Crippen LogP contribution in [0.3, 0.4) is 0 Å². The lowest BCUT2D eigenvalue weighted by Crippen LogP contribution is -2.25. The molecule has 31 heavy (non-hydrogen) atoms. The third kappa shape index (κ3) is 7.59. The number of halogens is 4. The molecule has 0 radical (unpaired) electrons. The summed E-state index contributed by atoms with van der Waals surface area (Å²) in [4.78, 5) is 0. The Kier molecular flexibility index (Phi) is 8.46. The first-order valence-corrected chi connectivity index (χ1v) is 11.6. The van der Waals surface area contributed by atoms with Crippen molar-refractivity contribution in [1.29, 1.82) is 0 Å². The zero-order valence-corrected chi connectivity index (χ0v) is 18.2. The van der Waals surface area contributed by atoms with Gasteiger partial charge in [0.05, 0.1) is 0 Å². The van der Waals surface area contributed by atoms with Crippen molar-refractivity contribution >= 4 is 0 Å². The average Bonchev–Trinajstić information content (AvgIpc) is 2.73. The normalized spacial score (nSPS) is 27.0. The summed E-state index contributed by atoms with van der Waals surface area (Å²) in [6.45, 7) is 2.28. The molecule has 1 aromatic rings. The van der Waals surface area contributed by atoms with Crippen molar-refractivity contribution in [2.24, 2.45) is 23.7 Å². The van der Waals surface area contributed by atoms with E-state index in [0.29, 0.717) is 11.5 Å². The maximum atomic E-state index is 13.7. The number of ether oxygens (including phenoxy) is 1. The fourth-order valence-electron chi connectivity index (χ4n) is 5.26. The summed E-state index contributed by atoms with van der Waals surface area (Å²) in [6, 6.07) is 3.24. The first-order chi connectivity index (χ1) is 14.8. The van der Waals surface area contributed by atoms with Gasteiger partial charge in [-0.1, -0.05) is 50.5 Å². The zero-order valence-electron chi connectivity index (χ0n) is 18.2. The van der Waals surface area contributed by atoms with Gasteiger partial charge in [0.1, 0.15) is 0 Å². The average molecular weight is 437 g/mol. The highest BCUT2D eigenvalue weighted by molar-refractivity contribution is 5.41. The Morgan fingerprint density at radius 1 is 1.00 bits per heavy atom. The monoisotopic (exact) mass is 436 g/mol. The summed E-state index contributed by atoms with van der Waals surface area (Å²) in [7, 11) is 0. The van der Waals surface area contributed by atoms with Crippen LogP contribution in [-0.4, -0.2) is 6.36 Å². The van der Waals surface area contributed by atoms with Crippen LogP contribution in [0.1, 0.15) is 76.7 Å². The molecule has 170 valence electrons. The Labute approximate surface area is 183 Å². The summed E-state index contributed by atoms with van der Waals surface area (Å²) in [5, 5.41) is 0. The fraction of sp³-hybridized carbons (Fsp3) is 0.615. The van der Waals surface area contributed by atoms with E-state index >= 15 is 0 Å². The smallest absolute Gasteiger partial charge is 0.403 e. The SMILES string of the molecule is CCC[C@H]1CC[C@H]([C@H]2CC[C@H](C=CC#Cc3ccc(OC(F)(F)F)c(F)c3)CC2)CC1. The van der Waals surface area contributed by atoms with Gasteiger partial charge in [-0.2, -0.15) is 0 Å². The van der Waals surface area contributed by atoms with Gasteiger partial charge in [0, 0.05) is 5.56 Å². The molecule has 2 saturated carbocycles. The second kappa shape index (κ2) is 11.1. The van der Waals surface area contributed by atoms with E-state index in [-0.39, 0.29) is 0 Å². The van der Waals surface area contributed by atoms with Crippen LogP contribution in [0, 0.1) is 41.3 Å². The van der Waals surface area contributed by atoms with E-state index in [4.69, 9.17) is 0 Å². The van der Waals surface area contributed by atoms with Crippen molar-refractivity contribution in [2.75, 3.05) is 0 Å². The molecule has 3 rings (SSSR count). The largest absolute Gasteiger partial charge is 0.573 e. The van der Waals surface area contributed by atoms with Gasteiger partial charge < -0.3 is 4.74 Å². The molecule has 0 saturated heterocycles. The molecule has 0 atom stereocenters. The van der Waals surface area contributed by atoms with Crippen LogP contribution in [0.5, 0.6) is 5.75 Å². The predicted octanol–water partition coefficient (Wildman–Crippen LogP) is 8.04. The van der Waals surface area contributed by atoms with Crippen LogP contribution in [0.4, 0.5) is 17.6 Å². The third-order valence-corrected chi connectivity index (χ3v) is 6.90. The number of hydrogen-bond donors (Lipinski definition) is 0. The number of rotatable bonds is 5. The summed E-state index contributed by atoms with van der Waals surface area (Å²) < 4.78 is 53.9. The summed E-state index contributed by atoms with van der Waals surface area (Å²) in [6.07, 6.45) is 12.3. The number of hydrogen-bond acceptors (Lipinski definition) is 1. The molecule has 0 aromatic heterocycles. The van der Waals surface area contributed by atoms with Crippen molar-refractivity contribution < 1.29 is 22.3 Å². The minimum atomic E-state index is -4.91. The second-order valence-corrected chi connectivity index (χ2v) is 9.07. The molecule has 0 N–H and O–H groups in total. The summed E-state index contributed by atoms with van der Waals surface area (Å²) in [5.74, 6) is 7.01. The van der Waals surface area contributed by atoms with Crippen LogP contribution in [0.25, 0.3) is 0 Å². The number of benzene rings is 1. The van der Waals surface area contributed by atoms with Crippen LogP contribution < -0.4 is 4.74 Å². The molecule has 2 aliphatic rings. The summed E-state index contributed by atoms with van der Waals surface area (Å²) in [5.41, 5.74) is 0.319. The van der Waals surface area contributed by atoms with Crippen LogP contribution >= 0.6 is 0 Å². The maximum absolute atomic E-state index is 13.7. The van der Waals surface area contributed by atoms with Gasteiger partial charge in [0.25, 0.3) is 0 Å². The first-order valence-electron chi connectivity index (χ1n) is 11.6. The highest BCUT2D eigenvalue weighted by Gasteiger charge is 2.32. The van der Waals surface area contributed by atoms with E-state index in [9.17, 15) is 17.6 Å². The molecule has 1 aromatic carbocycles. The quantitative estimate of drug-likeness (QED) is 0.335. The Morgan fingerprint density at radius 2 is 1.65 bits per heavy atom. The Balaban J connectivity index is 1.43. The van der Waals surface area contributed by atoms with Gasteiger partial charge in [0.15, 0.2) is 11.6 Å². The van der Waals surface area contributed by atoms with E-state index < -0.39 is 17.9 Å². The minimum absolute atomic E-state index is 0.319. The van der Waals surface area contributed by atoms with E-state index in [0.717, 1.165) is 29.9 Å². The van der Waals surface area contributed by atoms with Gasteiger partial charge in [-0.3, -0.25) is 0 Å². The Morgan fingerprint density at radius 3 is 2.23 bits per heavy atom. The van der Waals surface area contributed by atoms with E-state index in [2.05, 4.69) is 29.6 Å². The van der Waals surface area contributed by atoms with Crippen LogP contribution in [0.2, 0.25) is 0 Å². The van der Waals surface area contributed by atoms with E-state index in [1.165, 1.54) is 70.3 Å². The van der Waals surface area contributed by atoms with E-state index in [1.807, 2.05) is 0 Å². The van der Waals surface area contributed by atoms with Crippen LogP contribution in [-0.2, 0) is 0 Å². The molecule has 0 amide bonds. The highest BCUT2D eigenvalue weighted by Crippen LogP contribution is 2.42. The lowest BCUT2D eigenvalue weighted by molar-refractivity contribution is -0.275. The molecule has 0 heterocycles. The Bertz CT molecular complexity index is 786. The van der Waals surface area contributed by atoms with Crippen LogP contribution in [0.15, 0.2) is 30.4 Å². The molecular formula is C26H32F4O. The standard InChI is InChI=1S/C26H32F4O/c1-2-5-19-8-13-22(14-9-19)23-15-10-20(11-16-23)6-3-4-7-21-12-17-25(24(27)18-21)31-26(28,29)30/h3,6,12,17-20,22-23H,2,5,8-11,13-16H2,1H3/t19-,20-,22-,23-. The third-order valence-electron chi connectivity index (χ3n) is 6.90. The fourth-order valence-corrected chi connectivity index (χ4v) is 5.26. The lowest BCUT2D eigenvalue weighted by atomic mass is 9.69. The molecule has 0 unspecified atom stereocenters. The van der Waals surface area contributed by atoms with Crippen molar-refractivity contribution in [1.82, 2.24) is 0 Å². The molecule has 0 spiro atoms. The molecule has 2 aliphatic carbocycles. The number of alkyl halides is 3. The van der Waals surface area contributed by atoms with Gasteiger partial charge >= 0.3 is 6.36 Å². The number of allylic oxidation sites excluding steroid dienone is 2. The Hall–Kier alpha value is -1.96. The van der Waals surface area contributed by atoms with Crippen molar-refractivity contribution in [3.05, 3.63) is 41.7 Å². The molecule has 0 aliphatic heterocycles. The molecule has 0 bridgehead atoms. The topological polar surface area (TPSA) is 9.23 Å². The van der Waals surface area contributed by atoms with Gasteiger partial charge in [-0.05, 0) is 86.5 Å². The molecular weight excluding hydrogens is 404 g/mol. The predicted molar refractivity (Wildman–Crippen MR) is 115 cm³/mol.